The molecule has 7 nitrogen and oxygen atoms in total. The molecule has 2 N–H and O–H groups in total. The first-order valence-corrected chi connectivity index (χ1v) is 7.53. The Bertz CT molecular complexity index is 900. The maximum absolute atomic E-state index is 12.1. The highest BCUT2D eigenvalue weighted by Gasteiger charge is 2.18. The second kappa shape index (κ2) is 6.59. The SMILES string of the molecule is C[NH+](C)Cn1c(O)c(N=NC(=O)c2cccnc2)c2ccccc21. The summed E-state index contributed by atoms with van der Waals surface area (Å²) in [5.74, 6) is -0.502. The molecule has 3 aromatic rings. The topological polar surface area (TPSA) is 84.3 Å². The first-order valence-electron chi connectivity index (χ1n) is 7.53. The summed E-state index contributed by atoms with van der Waals surface area (Å²) in [5.41, 5.74) is 1.49. The number of amides is 1. The van der Waals surface area contributed by atoms with E-state index in [1.165, 1.54) is 6.20 Å². The van der Waals surface area contributed by atoms with Gasteiger partial charge in [0.1, 0.15) is 0 Å². The van der Waals surface area contributed by atoms with Crippen LogP contribution in [-0.2, 0) is 6.67 Å². The van der Waals surface area contributed by atoms with E-state index >= 15 is 0 Å². The van der Waals surface area contributed by atoms with Crippen molar-refractivity contribution in [1.29, 1.82) is 0 Å². The highest BCUT2D eigenvalue weighted by molar-refractivity contribution is 5.97. The Labute approximate surface area is 138 Å². The average Bonchev–Trinajstić information content (AvgIpc) is 2.85. The number of nitrogens with one attached hydrogen (secondary N) is 1. The molecule has 0 fully saturated rings. The van der Waals surface area contributed by atoms with E-state index in [0.717, 1.165) is 15.8 Å². The van der Waals surface area contributed by atoms with Crippen molar-refractivity contribution in [3.8, 4) is 5.88 Å². The molecule has 0 saturated carbocycles. The molecule has 0 aliphatic carbocycles. The predicted octanol–water partition coefficient (Wildman–Crippen LogP) is 1.77. The zero-order chi connectivity index (χ0) is 17.1. The van der Waals surface area contributed by atoms with E-state index in [1.54, 1.807) is 22.9 Å². The van der Waals surface area contributed by atoms with Gasteiger partial charge in [0.2, 0.25) is 5.88 Å². The summed E-state index contributed by atoms with van der Waals surface area (Å²) in [6, 6.07) is 10.8. The summed E-state index contributed by atoms with van der Waals surface area (Å²) < 4.78 is 1.76. The Hall–Kier alpha value is -3.06. The molecule has 0 saturated heterocycles. The van der Waals surface area contributed by atoms with Crippen molar-refractivity contribution in [2.45, 2.75) is 6.67 Å². The fourth-order valence-corrected chi connectivity index (χ4v) is 2.49. The quantitative estimate of drug-likeness (QED) is 0.717. The largest absolute Gasteiger partial charge is 0.493 e. The lowest BCUT2D eigenvalue weighted by Crippen LogP contribution is -3.04. The third kappa shape index (κ3) is 3.02. The number of carbonyl (C=O) groups is 1. The molecule has 2 aromatic heterocycles. The van der Waals surface area contributed by atoms with E-state index in [9.17, 15) is 9.90 Å². The third-order valence-electron chi connectivity index (χ3n) is 3.54. The molecule has 0 atom stereocenters. The van der Waals surface area contributed by atoms with E-state index in [1.807, 2.05) is 38.4 Å². The molecule has 1 amide bonds. The van der Waals surface area contributed by atoms with Gasteiger partial charge in [-0.15, -0.1) is 10.2 Å². The number of para-hydroxylation sites is 1. The number of hydrogen-bond acceptors (Lipinski definition) is 4. The molecule has 7 heteroatoms. The smallest absolute Gasteiger partial charge is 0.296 e. The Morgan fingerprint density at radius 1 is 1.25 bits per heavy atom. The molecule has 0 spiro atoms. The minimum Gasteiger partial charge on any atom is -0.493 e. The van der Waals surface area contributed by atoms with Crippen molar-refractivity contribution < 1.29 is 14.8 Å². The lowest BCUT2D eigenvalue weighted by Gasteiger charge is -2.10. The number of aromatic hydroxyl groups is 1. The van der Waals surface area contributed by atoms with E-state index in [-0.39, 0.29) is 5.88 Å². The fourth-order valence-electron chi connectivity index (χ4n) is 2.49. The van der Waals surface area contributed by atoms with Gasteiger partial charge in [-0.3, -0.25) is 14.3 Å². The summed E-state index contributed by atoms with van der Waals surface area (Å²) >= 11 is 0. The van der Waals surface area contributed by atoms with Crippen molar-refractivity contribution in [1.82, 2.24) is 9.55 Å². The number of aromatic nitrogens is 2. The molecule has 122 valence electrons. The van der Waals surface area contributed by atoms with Crippen LogP contribution in [0.4, 0.5) is 5.69 Å². The molecule has 24 heavy (non-hydrogen) atoms. The molecule has 2 heterocycles. The summed E-state index contributed by atoms with van der Waals surface area (Å²) in [7, 11) is 3.97. The van der Waals surface area contributed by atoms with Crippen LogP contribution in [0, 0.1) is 0 Å². The summed E-state index contributed by atoms with van der Waals surface area (Å²) in [4.78, 5) is 17.1. The van der Waals surface area contributed by atoms with Crippen molar-refractivity contribution in [3.05, 3.63) is 54.4 Å². The standard InChI is InChI=1S/C17H17N5O2/c1-21(2)11-22-14-8-4-3-7-13(14)15(17(22)24)19-20-16(23)12-6-5-9-18-10-12/h3-10,24H,11H2,1-2H3/p+1. The van der Waals surface area contributed by atoms with Gasteiger partial charge in [-0.2, -0.15) is 0 Å². The number of pyridine rings is 1. The summed E-state index contributed by atoms with van der Waals surface area (Å²) in [6.45, 7) is 0.568. The lowest BCUT2D eigenvalue weighted by molar-refractivity contribution is -0.882. The van der Waals surface area contributed by atoms with Crippen LogP contribution in [-0.4, -0.2) is 34.7 Å². The lowest BCUT2D eigenvalue weighted by atomic mass is 10.2. The number of azo groups is 1. The van der Waals surface area contributed by atoms with Crippen LogP contribution in [0.3, 0.4) is 0 Å². The van der Waals surface area contributed by atoms with Crippen LogP contribution in [0.1, 0.15) is 10.4 Å². The van der Waals surface area contributed by atoms with Crippen LogP contribution in [0.25, 0.3) is 10.9 Å². The van der Waals surface area contributed by atoms with Crippen molar-refractivity contribution in [3.63, 3.8) is 0 Å². The maximum Gasteiger partial charge on any atom is 0.296 e. The third-order valence-corrected chi connectivity index (χ3v) is 3.54. The molecular formula is C17H18N5O2+. The van der Waals surface area contributed by atoms with Gasteiger partial charge in [0.05, 0.1) is 25.2 Å². The number of benzene rings is 1. The molecule has 0 bridgehead atoms. The molecule has 0 aliphatic heterocycles. The Balaban J connectivity index is 2.02. The molecule has 1 aromatic carbocycles. The van der Waals surface area contributed by atoms with Crippen molar-refractivity contribution in [2.24, 2.45) is 10.2 Å². The molecule has 0 unspecified atom stereocenters. The van der Waals surface area contributed by atoms with E-state index < -0.39 is 5.91 Å². The Morgan fingerprint density at radius 3 is 2.75 bits per heavy atom. The number of rotatable bonds is 4. The van der Waals surface area contributed by atoms with E-state index in [0.29, 0.717) is 17.9 Å². The number of fused-ring (bicyclic) bond motifs is 1. The minimum absolute atomic E-state index is 0.000127. The number of carbonyl (C=O) groups excluding carboxylic acids is 1. The molecular weight excluding hydrogens is 306 g/mol. The first kappa shape index (κ1) is 15.8. The predicted molar refractivity (Wildman–Crippen MR) is 89.5 cm³/mol. The first-order chi connectivity index (χ1) is 11.6. The van der Waals surface area contributed by atoms with Crippen LogP contribution in [0.5, 0.6) is 5.88 Å². The van der Waals surface area contributed by atoms with Crippen molar-refractivity contribution in [2.75, 3.05) is 14.1 Å². The average molecular weight is 324 g/mol. The van der Waals surface area contributed by atoms with E-state index in [2.05, 4.69) is 15.2 Å². The summed E-state index contributed by atoms with van der Waals surface area (Å²) in [5, 5.41) is 19.0. The van der Waals surface area contributed by atoms with Crippen LogP contribution < -0.4 is 4.90 Å². The van der Waals surface area contributed by atoms with Gasteiger partial charge in [0.25, 0.3) is 5.91 Å². The Kier molecular flexibility index (Phi) is 4.35. The highest BCUT2D eigenvalue weighted by atomic mass is 16.3. The number of quaternary nitrogens is 1. The zero-order valence-corrected chi connectivity index (χ0v) is 13.5. The second-order valence-electron chi connectivity index (χ2n) is 5.73. The van der Waals surface area contributed by atoms with Gasteiger partial charge in [0, 0.05) is 17.8 Å². The fraction of sp³-hybridized carbons (Fsp3) is 0.176. The van der Waals surface area contributed by atoms with Gasteiger partial charge in [0.15, 0.2) is 12.4 Å². The van der Waals surface area contributed by atoms with E-state index in [4.69, 9.17) is 0 Å². The van der Waals surface area contributed by atoms with Gasteiger partial charge in [-0.1, -0.05) is 18.2 Å². The van der Waals surface area contributed by atoms with Crippen LogP contribution >= 0.6 is 0 Å². The summed E-state index contributed by atoms with van der Waals surface area (Å²) in [6.07, 6.45) is 3.01. The van der Waals surface area contributed by atoms with Gasteiger partial charge >= 0.3 is 0 Å². The van der Waals surface area contributed by atoms with Gasteiger partial charge in [-0.25, -0.2) is 0 Å². The van der Waals surface area contributed by atoms with Crippen molar-refractivity contribution >= 4 is 22.5 Å². The van der Waals surface area contributed by atoms with Crippen LogP contribution in [0.15, 0.2) is 59.0 Å². The molecule has 0 aliphatic rings. The Morgan fingerprint density at radius 2 is 2.04 bits per heavy atom. The number of hydrogen-bond donors (Lipinski definition) is 2. The maximum atomic E-state index is 12.1. The molecule has 0 radical (unpaired) electrons. The van der Waals surface area contributed by atoms with Gasteiger partial charge in [-0.05, 0) is 18.2 Å². The molecule has 3 rings (SSSR count). The second-order valence-corrected chi connectivity index (χ2v) is 5.73. The zero-order valence-electron chi connectivity index (χ0n) is 13.5. The van der Waals surface area contributed by atoms with Gasteiger partial charge < -0.3 is 10.0 Å². The monoisotopic (exact) mass is 324 g/mol. The highest BCUT2D eigenvalue weighted by Crippen LogP contribution is 2.38. The normalized spacial score (nSPS) is 11.6. The van der Waals surface area contributed by atoms with Crippen LogP contribution in [0.2, 0.25) is 0 Å². The number of nitrogens with zero attached hydrogens (tertiary/aromatic N) is 4. The minimum atomic E-state index is -0.502.